The summed E-state index contributed by atoms with van der Waals surface area (Å²) in [6, 6.07) is 8.31. The molecule has 5 nitrogen and oxygen atoms in total. The van der Waals surface area contributed by atoms with Crippen LogP contribution < -0.4 is 5.32 Å². The Morgan fingerprint density at radius 2 is 1.63 bits per heavy atom. The second-order valence-electron chi connectivity index (χ2n) is 7.73. The van der Waals surface area contributed by atoms with E-state index >= 15 is 0 Å². The van der Waals surface area contributed by atoms with Gasteiger partial charge in [-0.2, -0.15) is 0 Å². The molecule has 1 aliphatic heterocycles. The van der Waals surface area contributed by atoms with Gasteiger partial charge in [-0.05, 0) is 25.8 Å². The van der Waals surface area contributed by atoms with Crippen molar-refractivity contribution in [3.8, 4) is 0 Å². The van der Waals surface area contributed by atoms with E-state index < -0.39 is 0 Å². The summed E-state index contributed by atoms with van der Waals surface area (Å²) in [5.74, 6) is 0.142. The average molecular weight is 374 g/mol. The summed E-state index contributed by atoms with van der Waals surface area (Å²) in [6.45, 7) is 8.76. The highest BCUT2D eigenvalue weighted by atomic mass is 16.2. The van der Waals surface area contributed by atoms with Crippen LogP contribution in [-0.4, -0.2) is 54.0 Å². The number of rotatable bonds is 8. The first kappa shape index (κ1) is 21.3. The minimum Gasteiger partial charge on any atom is -0.339 e. The zero-order valence-electron chi connectivity index (χ0n) is 17.2. The molecule has 1 fully saturated rings. The Morgan fingerprint density at radius 1 is 1.00 bits per heavy atom. The number of unbranched alkanes of at least 4 members (excludes halogenated alkanes) is 3. The maximum Gasteiger partial charge on any atom is 0.317 e. The number of carbonyl (C=O) groups excluding carboxylic acids is 2. The lowest BCUT2D eigenvalue weighted by Gasteiger charge is -2.35. The summed E-state index contributed by atoms with van der Waals surface area (Å²) < 4.78 is 0. The molecule has 1 unspecified atom stereocenters. The number of urea groups is 1. The lowest BCUT2D eigenvalue weighted by Crippen LogP contribution is -2.54. The monoisotopic (exact) mass is 373 g/mol. The SMILES string of the molecule is CCCCCCC(C)NC(=O)N1CCN(C(=O)Cc2ccc(C)cc2)CC1. The first-order valence-electron chi connectivity index (χ1n) is 10.4. The molecule has 1 saturated heterocycles. The number of piperazine rings is 1. The van der Waals surface area contributed by atoms with Crippen LogP contribution in [0.5, 0.6) is 0 Å². The van der Waals surface area contributed by atoms with Gasteiger partial charge < -0.3 is 15.1 Å². The molecule has 27 heavy (non-hydrogen) atoms. The number of hydrogen-bond acceptors (Lipinski definition) is 2. The van der Waals surface area contributed by atoms with Gasteiger partial charge in [0.2, 0.25) is 5.91 Å². The Labute approximate surface area is 164 Å². The van der Waals surface area contributed by atoms with Gasteiger partial charge in [-0.15, -0.1) is 0 Å². The predicted molar refractivity (Wildman–Crippen MR) is 110 cm³/mol. The van der Waals surface area contributed by atoms with E-state index in [0.717, 1.165) is 18.4 Å². The van der Waals surface area contributed by atoms with Gasteiger partial charge in [-0.25, -0.2) is 4.79 Å². The van der Waals surface area contributed by atoms with Crippen LogP contribution in [0.15, 0.2) is 24.3 Å². The number of amides is 3. The van der Waals surface area contributed by atoms with Crippen LogP contribution in [0.2, 0.25) is 0 Å². The van der Waals surface area contributed by atoms with Crippen molar-refractivity contribution in [2.75, 3.05) is 26.2 Å². The second-order valence-corrected chi connectivity index (χ2v) is 7.73. The fourth-order valence-corrected chi connectivity index (χ4v) is 3.40. The zero-order valence-corrected chi connectivity index (χ0v) is 17.2. The van der Waals surface area contributed by atoms with Gasteiger partial charge >= 0.3 is 6.03 Å². The Hall–Kier alpha value is -2.04. The van der Waals surface area contributed by atoms with Gasteiger partial charge in [0.25, 0.3) is 0 Å². The number of hydrogen-bond donors (Lipinski definition) is 1. The number of nitrogens with one attached hydrogen (secondary N) is 1. The van der Waals surface area contributed by atoms with Gasteiger partial charge in [-0.3, -0.25) is 4.79 Å². The van der Waals surface area contributed by atoms with E-state index in [1.165, 1.54) is 24.8 Å². The Bertz CT molecular complexity index is 592. The van der Waals surface area contributed by atoms with Crippen LogP contribution in [0, 0.1) is 6.92 Å². The smallest absolute Gasteiger partial charge is 0.317 e. The fraction of sp³-hybridized carbons (Fsp3) is 0.636. The van der Waals surface area contributed by atoms with Crippen LogP contribution >= 0.6 is 0 Å². The Kier molecular flexibility index (Phi) is 8.62. The molecule has 3 amide bonds. The standard InChI is InChI=1S/C22H35N3O2/c1-4-5-6-7-8-19(3)23-22(27)25-15-13-24(14-16-25)21(26)17-20-11-9-18(2)10-12-20/h9-12,19H,4-8,13-17H2,1-3H3,(H,23,27). The number of aryl methyl sites for hydroxylation is 1. The van der Waals surface area contributed by atoms with Gasteiger partial charge in [0.1, 0.15) is 0 Å². The topological polar surface area (TPSA) is 52.7 Å². The molecular formula is C22H35N3O2. The van der Waals surface area contributed by atoms with E-state index in [4.69, 9.17) is 0 Å². The molecule has 0 spiro atoms. The maximum absolute atomic E-state index is 12.5. The van der Waals surface area contributed by atoms with Crippen LogP contribution in [0.4, 0.5) is 4.79 Å². The van der Waals surface area contributed by atoms with Crippen molar-refractivity contribution >= 4 is 11.9 Å². The molecule has 1 heterocycles. The fourth-order valence-electron chi connectivity index (χ4n) is 3.40. The van der Waals surface area contributed by atoms with E-state index in [9.17, 15) is 9.59 Å². The molecule has 1 aromatic rings. The molecular weight excluding hydrogens is 338 g/mol. The van der Waals surface area contributed by atoms with Crippen molar-refractivity contribution in [1.29, 1.82) is 0 Å². The second kappa shape index (κ2) is 11.0. The Balaban J connectivity index is 1.70. The lowest BCUT2D eigenvalue weighted by molar-refractivity contribution is -0.131. The van der Waals surface area contributed by atoms with Gasteiger partial charge in [0.15, 0.2) is 0 Å². The molecule has 1 aliphatic rings. The van der Waals surface area contributed by atoms with Crippen molar-refractivity contribution in [3.63, 3.8) is 0 Å². The highest BCUT2D eigenvalue weighted by Gasteiger charge is 2.24. The molecule has 1 N–H and O–H groups in total. The molecule has 150 valence electrons. The molecule has 0 saturated carbocycles. The highest BCUT2D eigenvalue weighted by molar-refractivity contribution is 5.79. The molecule has 2 rings (SSSR count). The van der Waals surface area contributed by atoms with Crippen LogP contribution in [0.1, 0.15) is 57.1 Å². The minimum atomic E-state index is 0.00336. The molecule has 1 atom stereocenters. The summed E-state index contributed by atoms with van der Waals surface area (Å²) in [6.07, 6.45) is 6.35. The summed E-state index contributed by atoms with van der Waals surface area (Å²) in [7, 11) is 0. The first-order valence-corrected chi connectivity index (χ1v) is 10.4. The molecule has 0 radical (unpaired) electrons. The zero-order chi connectivity index (χ0) is 19.6. The maximum atomic E-state index is 12.5. The summed E-state index contributed by atoms with van der Waals surface area (Å²) >= 11 is 0. The predicted octanol–water partition coefficient (Wildman–Crippen LogP) is 3.75. The van der Waals surface area contributed by atoms with E-state index in [1.54, 1.807) is 0 Å². The third kappa shape index (κ3) is 7.24. The van der Waals surface area contributed by atoms with Crippen molar-refractivity contribution in [2.45, 2.75) is 65.3 Å². The molecule has 5 heteroatoms. The van der Waals surface area contributed by atoms with E-state index in [1.807, 2.05) is 41.0 Å². The van der Waals surface area contributed by atoms with Gasteiger partial charge in [-0.1, -0.05) is 62.4 Å². The average Bonchev–Trinajstić information content (AvgIpc) is 2.67. The van der Waals surface area contributed by atoms with Crippen molar-refractivity contribution in [1.82, 2.24) is 15.1 Å². The van der Waals surface area contributed by atoms with E-state index in [0.29, 0.717) is 32.6 Å². The molecule has 0 bridgehead atoms. The van der Waals surface area contributed by atoms with Crippen molar-refractivity contribution in [2.24, 2.45) is 0 Å². The molecule has 0 aliphatic carbocycles. The third-order valence-electron chi connectivity index (χ3n) is 5.26. The quantitative estimate of drug-likeness (QED) is 0.706. The lowest BCUT2D eigenvalue weighted by atomic mass is 10.1. The highest BCUT2D eigenvalue weighted by Crippen LogP contribution is 2.10. The third-order valence-corrected chi connectivity index (χ3v) is 5.26. The normalized spacial score (nSPS) is 15.5. The van der Waals surface area contributed by atoms with Crippen molar-refractivity contribution < 1.29 is 9.59 Å². The number of benzene rings is 1. The molecule has 0 aromatic heterocycles. The van der Waals surface area contributed by atoms with E-state index in [2.05, 4.69) is 19.2 Å². The Morgan fingerprint density at radius 3 is 2.26 bits per heavy atom. The number of carbonyl (C=O) groups is 2. The van der Waals surface area contributed by atoms with Crippen LogP contribution in [-0.2, 0) is 11.2 Å². The van der Waals surface area contributed by atoms with Gasteiger partial charge in [0.05, 0.1) is 6.42 Å². The van der Waals surface area contributed by atoms with Gasteiger partial charge in [0, 0.05) is 32.2 Å². The minimum absolute atomic E-state index is 0.00336. The summed E-state index contributed by atoms with van der Waals surface area (Å²) in [5.41, 5.74) is 2.24. The van der Waals surface area contributed by atoms with E-state index in [-0.39, 0.29) is 18.0 Å². The summed E-state index contributed by atoms with van der Waals surface area (Å²) in [5, 5.41) is 3.10. The van der Waals surface area contributed by atoms with Crippen LogP contribution in [0.25, 0.3) is 0 Å². The molecule has 1 aromatic carbocycles. The van der Waals surface area contributed by atoms with Crippen LogP contribution in [0.3, 0.4) is 0 Å². The largest absolute Gasteiger partial charge is 0.339 e. The summed E-state index contributed by atoms with van der Waals surface area (Å²) in [4.78, 5) is 28.6. The number of nitrogens with zero attached hydrogens (tertiary/aromatic N) is 2. The van der Waals surface area contributed by atoms with Crippen molar-refractivity contribution in [3.05, 3.63) is 35.4 Å². The first-order chi connectivity index (χ1) is 13.0.